The van der Waals surface area contributed by atoms with Crippen molar-refractivity contribution in [2.45, 2.75) is 31.8 Å². The Morgan fingerprint density at radius 1 is 1.12 bits per heavy atom. The Hall–Kier alpha value is -2.40. The standard InChI is InChI=1S/C20H23N3O2/c1-2-11-23-18-17(19(24)22-20(23)25)16(9-10-21-18)15-8-7-13-5-3-4-6-14(13)12-15/h3-8,12,16-18,21H,2,9-11H2,1H3,(H,22,24,25). The van der Waals surface area contributed by atoms with Crippen molar-refractivity contribution in [1.29, 1.82) is 0 Å². The van der Waals surface area contributed by atoms with Gasteiger partial charge < -0.3 is 4.90 Å². The number of benzene rings is 2. The molecule has 2 fully saturated rings. The van der Waals surface area contributed by atoms with Crippen LogP contribution >= 0.6 is 0 Å². The summed E-state index contributed by atoms with van der Waals surface area (Å²) in [6.45, 7) is 3.50. The van der Waals surface area contributed by atoms with Crippen LogP contribution < -0.4 is 10.6 Å². The second-order valence-electron chi connectivity index (χ2n) is 6.91. The Morgan fingerprint density at radius 3 is 2.72 bits per heavy atom. The van der Waals surface area contributed by atoms with Crippen LogP contribution in [-0.2, 0) is 4.79 Å². The van der Waals surface area contributed by atoms with Crippen molar-refractivity contribution in [3.63, 3.8) is 0 Å². The molecule has 2 aromatic rings. The molecule has 2 aliphatic heterocycles. The summed E-state index contributed by atoms with van der Waals surface area (Å²) in [5, 5.41) is 8.35. The highest BCUT2D eigenvalue weighted by atomic mass is 16.2. The number of fused-ring (bicyclic) bond motifs is 2. The van der Waals surface area contributed by atoms with Crippen LogP contribution in [-0.4, -0.2) is 36.1 Å². The fraction of sp³-hybridized carbons (Fsp3) is 0.400. The van der Waals surface area contributed by atoms with E-state index in [1.807, 2.05) is 19.1 Å². The Morgan fingerprint density at radius 2 is 1.92 bits per heavy atom. The maximum Gasteiger partial charge on any atom is 0.325 e. The van der Waals surface area contributed by atoms with E-state index >= 15 is 0 Å². The zero-order chi connectivity index (χ0) is 17.4. The van der Waals surface area contributed by atoms with E-state index in [0.717, 1.165) is 19.4 Å². The van der Waals surface area contributed by atoms with E-state index in [1.165, 1.54) is 16.3 Å². The van der Waals surface area contributed by atoms with Gasteiger partial charge in [-0.05, 0) is 35.7 Å². The maximum atomic E-state index is 12.6. The molecular formula is C20H23N3O2. The van der Waals surface area contributed by atoms with Gasteiger partial charge in [0, 0.05) is 12.5 Å². The van der Waals surface area contributed by atoms with Crippen molar-refractivity contribution >= 4 is 22.7 Å². The van der Waals surface area contributed by atoms with Gasteiger partial charge in [-0.1, -0.05) is 49.4 Å². The minimum atomic E-state index is -0.278. The van der Waals surface area contributed by atoms with E-state index in [2.05, 4.69) is 41.0 Å². The Labute approximate surface area is 147 Å². The minimum absolute atomic E-state index is 0.114. The summed E-state index contributed by atoms with van der Waals surface area (Å²) >= 11 is 0. The molecule has 3 unspecified atom stereocenters. The number of carbonyl (C=O) groups excluding carboxylic acids is 2. The van der Waals surface area contributed by atoms with E-state index in [-0.39, 0.29) is 29.9 Å². The highest BCUT2D eigenvalue weighted by Crippen LogP contribution is 2.37. The summed E-state index contributed by atoms with van der Waals surface area (Å²) in [5.41, 5.74) is 1.18. The monoisotopic (exact) mass is 337 g/mol. The number of amides is 3. The van der Waals surface area contributed by atoms with Crippen LogP contribution in [0.3, 0.4) is 0 Å². The highest BCUT2D eigenvalue weighted by molar-refractivity contribution is 5.99. The number of nitrogens with one attached hydrogen (secondary N) is 2. The predicted molar refractivity (Wildman–Crippen MR) is 97.1 cm³/mol. The summed E-state index contributed by atoms with van der Waals surface area (Å²) in [6.07, 6.45) is 1.54. The average molecular weight is 337 g/mol. The fourth-order valence-electron chi connectivity index (χ4n) is 4.22. The molecule has 130 valence electrons. The third kappa shape index (κ3) is 2.78. The zero-order valence-electron chi connectivity index (χ0n) is 14.4. The van der Waals surface area contributed by atoms with Gasteiger partial charge in [-0.2, -0.15) is 0 Å². The molecule has 4 rings (SSSR count). The SMILES string of the molecule is CCCN1C(=O)NC(=O)C2C(c3ccc4ccccc4c3)CCNC21. The molecule has 2 N–H and O–H groups in total. The summed E-state index contributed by atoms with van der Waals surface area (Å²) in [7, 11) is 0. The van der Waals surface area contributed by atoms with Crippen LogP contribution in [0.4, 0.5) is 4.79 Å². The van der Waals surface area contributed by atoms with Crippen LogP contribution in [0, 0.1) is 5.92 Å². The molecular weight excluding hydrogens is 314 g/mol. The lowest BCUT2D eigenvalue weighted by molar-refractivity contribution is -0.131. The molecule has 2 aliphatic rings. The van der Waals surface area contributed by atoms with Crippen molar-refractivity contribution in [2.24, 2.45) is 5.92 Å². The van der Waals surface area contributed by atoms with Gasteiger partial charge in [-0.15, -0.1) is 0 Å². The van der Waals surface area contributed by atoms with Gasteiger partial charge in [-0.3, -0.25) is 15.4 Å². The van der Waals surface area contributed by atoms with Crippen molar-refractivity contribution in [3.8, 4) is 0 Å². The summed E-state index contributed by atoms with van der Waals surface area (Å²) in [4.78, 5) is 26.6. The van der Waals surface area contributed by atoms with Gasteiger partial charge in [0.2, 0.25) is 5.91 Å². The summed E-state index contributed by atoms with van der Waals surface area (Å²) in [5.74, 6) is -0.296. The van der Waals surface area contributed by atoms with E-state index < -0.39 is 0 Å². The van der Waals surface area contributed by atoms with Crippen molar-refractivity contribution < 1.29 is 9.59 Å². The van der Waals surface area contributed by atoms with Crippen LogP contribution in [0.2, 0.25) is 0 Å². The number of urea groups is 1. The lowest BCUT2D eigenvalue weighted by Crippen LogP contribution is -2.68. The van der Waals surface area contributed by atoms with Gasteiger partial charge in [-0.25, -0.2) is 4.79 Å². The second kappa shape index (κ2) is 6.48. The number of rotatable bonds is 3. The first-order valence-corrected chi connectivity index (χ1v) is 9.02. The first-order chi connectivity index (χ1) is 12.2. The molecule has 3 amide bonds. The van der Waals surface area contributed by atoms with Crippen LogP contribution in [0.1, 0.15) is 31.2 Å². The summed E-state index contributed by atoms with van der Waals surface area (Å²) in [6, 6.07) is 14.4. The molecule has 0 saturated carbocycles. The average Bonchev–Trinajstić information content (AvgIpc) is 2.64. The summed E-state index contributed by atoms with van der Waals surface area (Å²) < 4.78 is 0. The predicted octanol–water partition coefficient (Wildman–Crippen LogP) is 2.82. The van der Waals surface area contributed by atoms with Crippen LogP contribution in [0.5, 0.6) is 0 Å². The molecule has 2 heterocycles. The molecule has 0 aliphatic carbocycles. The smallest absolute Gasteiger partial charge is 0.308 e. The fourth-order valence-corrected chi connectivity index (χ4v) is 4.22. The van der Waals surface area contributed by atoms with Gasteiger partial charge >= 0.3 is 6.03 Å². The van der Waals surface area contributed by atoms with Gasteiger partial charge in [0.1, 0.15) is 0 Å². The molecule has 0 aromatic heterocycles. The Bertz CT molecular complexity index is 819. The number of imide groups is 1. The lowest BCUT2D eigenvalue weighted by atomic mass is 9.77. The van der Waals surface area contributed by atoms with E-state index in [4.69, 9.17) is 0 Å². The quantitative estimate of drug-likeness (QED) is 0.905. The molecule has 0 bridgehead atoms. The molecule has 2 aromatic carbocycles. The first kappa shape index (κ1) is 16.1. The van der Waals surface area contributed by atoms with E-state index in [1.54, 1.807) is 4.90 Å². The van der Waals surface area contributed by atoms with Gasteiger partial charge in [0.15, 0.2) is 0 Å². The van der Waals surface area contributed by atoms with Gasteiger partial charge in [0.05, 0.1) is 12.1 Å². The number of carbonyl (C=O) groups is 2. The van der Waals surface area contributed by atoms with Crippen LogP contribution in [0.15, 0.2) is 42.5 Å². The molecule has 5 nitrogen and oxygen atoms in total. The third-order valence-corrected chi connectivity index (χ3v) is 5.38. The maximum absolute atomic E-state index is 12.6. The Balaban J connectivity index is 1.71. The first-order valence-electron chi connectivity index (χ1n) is 9.02. The topological polar surface area (TPSA) is 61.4 Å². The van der Waals surface area contributed by atoms with Gasteiger partial charge in [0.25, 0.3) is 0 Å². The molecule has 25 heavy (non-hydrogen) atoms. The van der Waals surface area contributed by atoms with Crippen molar-refractivity contribution in [2.75, 3.05) is 13.1 Å². The second-order valence-corrected chi connectivity index (χ2v) is 6.91. The normalized spacial score (nSPS) is 26.4. The number of nitrogens with zero attached hydrogens (tertiary/aromatic N) is 1. The van der Waals surface area contributed by atoms with E-state index in [0.29, 0.717) is 6.54 Å². The third-order valence-electron chi connectivity index (χ3n) is 5.38. The van der Waals surface area contributed by atoms with Crippen molar-refractivity contribution in [3.05, 3.63) is 48.0 Å². The number of piperidine rings is 1. The minimum Gasteiger partial charge on any atom is -0.308 e. The number of hydrogen-bond donors (Lipinski definition) is 2. The zero-order valence-corrected chi connectivity index (χ0v) is 14.4. The molecule has 5 heteroatoms. The molecule has 0 radical (unpaired) electrons. The molecule has 3 atom stereocenters. The highest BCUT2D eigenvalue weighted by Gasteiger charge is 2.47. The van der Waals surface area contributed by atoms with Crippen LogP contribution in [0.25, 0.3) is 10.8 Å². The number of hydrogen-bond acceptors (Lipinski definition) is 3. The lowest BCUT2D eigenvalue weighted by Gasteiger charge is -2.46. The van der Waals surface area contributed by atoms with Crippen molar-refractivity contribution in [1.82, 2.24) is 15.5 Å². The molecule has 0 spiro atoms. The largest absolute Gasteiger partial charge is 0.325 e. The Kier molecular flexibility index (Phi) is 4.17. The van der Waals surface area contributed by atoms with E-state index in [9.17, 15) is 9.59 Å². The molecule has 2 saturated heterocycles.